The highest BCUT2D eigenvalue weighted by Crippen LogP contribution is 2.16. The van der Waals surface area contributed by atoms with Gasteiger partial charge < -0.3 is 5.11 Å². The third-order valence-corrected chi connectivity index (χ3v) is 2.55. The number of benzene rings is 1. The van der Waals surface area contributed by atoms with Crippen molar-refractivity contribution in [1.82, 2.24) is 4.98 Å². The van der Waals surface area contributed by atoms with Gasteiger partial charge in [0.15, 0.2) is 11.5 Å². The van der Waals surface area contributed by atoms with Crippen LogP contribution < -0.4 is 0 Å². The van der Waals surface area contributed by atoms with Gasteiger partial charge in [0.2, 0.25) is 0 Å². The van der Waals surface area contributed by atoms with Gasteiger partial charge in [-0.05, 0) is 12.1 Å². The van der Waals surface area contributed by atoms with E-state index in [-0.39, 0.29) is 16.4 Å². The smallest absolute Gasteiger partial charge is 0.355 e. The molecular weight excluding hydrogens is 254 g/mol. The summed E-state index contributed by atoms with van der Waals surface area (Å²) in [6.07, 6.45) is 0. The van der Waals surface area contributed by atoms with Crippen molar-refractivity contribution >= 4 is 23.4 Å². The summed E-state index contributed by atoms with van der Waals surface area (Å²) in [5.74, 6) is -1.67. The van der Waals surface area contributed by atoms with Crippen molar-refractivity contribution in [2.24, 2.45) is 0 Å². The molecule has 1 N–H and O–H groups in total. The molecule has 18 heavy (non-hydrogen) atoms. The van der Waals surface area contributed by atoms with E-state index in [9.17, 15) is 9.59 Å². The SMILES string of the molecule is O=C(c1ccccc1)c1ccc(Cl)nc1C(=O)O. The third-order valence-electron chi connectivity index (χ3n) is 2.34. The average Bonchev–Trinajstić information content (AvgIpc) is 2.39. The van der Waals surface area contributed by atoms with Gasteiger partial charge >= 0.3 is 5.97 Å². The number of ketones is 1. The van der Waals surface area contributed by atoms with Gasteiger partial charge in [-0.1, -0.05) is 41.9 Å². The molecule has 0 aliphatic carbocycles. The van der Waals surface area contributed by atoms with E-state index in [1.165, 1.54) is 12.1 Å². The first-order chi connectivity index (χ1) is 8.59. The quantitative estimate of drug-likeness (QED) is 0.681. The van der Waals surface area contributed by atoms with Crippen molar-refractivity contribution in [3.05, 3.63) is 64.4 Å². The van der Waals surface area contributed by atoms with Crippen LogP contribution in [0.2, 0.25) is 5.15 Å². The van der Waals surface area contributed by atoms with Gasteiger partial charge in [0.25, 0.3) is 0 Å². The summed E-state index contributed by atoms with van der Waals surface area (Å²) in [6.45, 7) is 0. The lowest BCUT2D eigenvalue weighted by atomic mass is 10.0. The lowest BCUT2D eigenvalue weighted by Crippen LogP contribution is -2.11. The van der Waals surface area contributed by atoms with Crippen LogP contribution in [-0.4, -0.2) is 21.8 Å². The van der Waals surface area contributed by atoms with Crippen LogP contribution in [0.1, 0.15) is 26.4 Å². The average molecular weight is 262 g/mol. The number of hydrogen-bond acceptors (Lipinski definition) is 3. The molecule has 90 valence electrons. The van der Waals surface area contributed by atoms with Crippen LogP contribution in [0.3, 0.4) is 0 Å². The number of aromatic nitrogens is 1. The highest BCUT2D eigenvalue weighted by molar-refractivity contribution is 6.29. The summed E-state index contributed by atoms with van der Waals surface area (Å²) in [5, 5.41) is 9.05. The minimum absolute atomic E-state index is 0.0260. The topological polar surface area (TPSA) is 67.3 Å². The standard InChI is InChI=1S/C13H8ClNO3/c14-10-7-6-9(11(15-10)13(17)18)12(16)8-4-2-1-3-5-8/h1-7H,(H,17,18). The molecule has 1 aromatic carbocycles. The predicted octanol–water partition coefficient (Wildman–Crippen LogP) is 2.66. The number of carboxylic acids is 1. The fourth-order valence-corrected chi connectivity index (χ4v) is 1.67. The van der Waals surface area contributed by atoms with Gasteiger partial charge in [-0.3, -0.25) is 4.79 Å². The molecule has 0 aliphatic rings. The third kappa shape index (κ3) is 2.38. The molecule has 2 rings (SSSR count). The molecule has 2 aromatic rings. The fraction of sp³-hybridized carbons (Fsp3) is 0. The minimum atomic E-state index is -1.28. The van der Waals surface area contributed by atoms with E-state index in [0.29, 0.717) is 5.56 Å². The van der Waals surface area contributed by atoms with Crippen molar-refractivity contribution in [1.29, 1.82) is 0 Å². The van der Waals surface area contributed by atoms with E-state index in [0.717, 1.165) is 0 Å². The molecule has 4 nitrogen and oxygen atoms in total. The fourth-order valence-electron chi connectivity index (χ4n) is 1.53. The molecule has 1 aromatic heterocycles. The van der Waals surface area contributed by atoms with Crippen LogP contribution in [0.4, 0.5) is 0 Å². The molecule has 0 saturated carbocycles. The van der Waals surface area contributed by atoms with Crippen molar-refractivity contribution in [2.45, 2.75) is 0 Å². The Balaban J connectivity index is 2.52. The number of nitrogens with zero attached hydrogens (tertiary/aromatic N) is 1. The Morgan fingerprint density at radius 2 is 1.72 bits per heavy atom. The Morgan fingerprint density at radius 3 is 2.33 bits per heavy atom. The van der Waals surface area contributed by atoms with Gasteiger partial charge in [-0.25, -0.2) is 9.78 Å². The maximum absolute atomic E-state index is 12.1. The summed E-state index contributed by atoms with van der Waals surface area (Å²) in [5.41, 5.74) is 0.0959. The summed E-state index contributed by atoms with van der Waals surface area (Å²) in [4.78, 5) is 26.8. The molecule has 0 amide bonds. The summed E-state index contributed by atoms with van der Waals surface area (Å²) >= 11 is 5.63. The van der Waals surface area contributed by atoms with Crippen LogP contribution in [0, 0.1) is 0 Å². The zero-order valence-corrected chi connectivity index (χ0v) is 9.89. The zero-order chi connectivity index (χ0) is 13.1. The van der Waals surface area contributed by atoms with Gasteiger partial charge in [0, 0.05) is 5.56 Å². The highest BCUT2D eigenvalue weighted by Gasteiger charge is 2.19. The van der Waals surface area contributed by atoms with Gasteiger partial charge in [-0.15, -0.1) is 0 Å². The Morgan fingerprint density at radius 1 is 1.06 bits per heavy atom. The summed E-state index contributed by atoms with van der Waals surface area (Å²) in [7, 11) is 0. The summed E-state index contributed by atoms with van der Waals surface area (Å²) < 4.78 is 0. The molecular formula is C13H8ClNO3. The number of halogens is 1. The van der Waals surface area contributed by atoms with Crippen LogP contribution in [0.15, 0.2) is 42.5 Å². The number of carbonyl (C=O) groups excluding carboxylic acids is 1. The number of rotatable bonds is 3. The molecule has 0 radical (unpaired) electrons. The number of pyridine rings is 1. The van der Waals surface area contributed by atoms with E-state index in [2.05, 4.69) is 4.98 Å². The highest BCUT2D eigenvalue weighted by atomic mass is 35.5. The largest absolute Gasteiger partial charge is 0.476 e. The van der Waals surface area contributed by atoms with Crippen molar-refractivity contribution in [3.63, 3.8) is 0 Å². The van der Waals surface area contributed by atoms with Crippen molar-refractivity contribution < 1.29 is 14.7 Å². The first kappa shape index (κ1) is 12.3. The van der Waals surface area contributed by atoms with E-state index < -0.39 is 11.8 Å². The van der Waals surface area contributed by atoms with E-state index in [1.54, 1.807) is 30.3 Å². The van der Waals surface area contributed by atoms with Crippen LogP contribution in [0.25, 0.3) is 0 Å². The van der Waals surface area contributed by atoms with Gasteiger partial charge in [-0.2, -0.15) is 0 Å². The Kier molecular flexibility index (Phi) is 3.39. The minimum Gasteiger partial charge on any atom is -0.476 e. The van der Waals surface area contributed by atoms with E-state index >= 15 is 0 Å². The van der Waals surface area contributed by atoms with Crippen molar-refractivity contribution in [3.8, 4) is 0 Å². The lowest BCUT2D eigenvalue weighted by molar-refractivity contribution is 0.0686. The number of aromatic carboxylic acids is 1. The second-order valence-corrected chi connectivity index (χ2v) is 3.92. The molecule has 0 bridgehead atoms. The molecule has 0 saturated heterocycles. The number of carboxylic acid groups (broad SMARTS) is 1. The number of hydrogen-bond donors (Lipinski definition) is 1. The van der Waals surface area contributed by atoms with Crippen LogP contribution >= 0.6 is 11.6 Å². The Labute approximate surface area is 108 Å². The Hall–Kier alpha value is -2.20. The first-order valence-corrected chi connectivity index (χ1v) is 5.47. The van der Waals surface area contributed by atoms with E-state index in [1.807, 2.05) is 0 Å². The molecule has 0 spiro atoms. The van der Waals surface area contributed by atoms with Gasteiger partial charge in [0.1, 0.15) is 5.15 Å². The lowest BCUT2D eigenvalue weighted by Gasteiger charge is -2.04. The zero-order valence-electron chi connectivity index (χ0n) is 9.13. The van der Waals surface area contributed by atoms with Crippen LogP contribution in [0.5, 0.6) is 0 Å². The van der Waals surface area contributed by atoms with E-state index in [4.69, 9.17) is 16.7 Å². The number of carbonyl (C=O) groups is 2. The molecule has 0 aliphatic heterocycles. The maximum Gasteiger partial charge on any atom is 0.355 e. The molecule has 1 heterocycles. The second-order valence-electron chi connectivity index (χ2n) is 3.53. The normalized spacial score (nSPS) is 10.1. The molecule has 0 fully saturated rings. The maximum atomic E-state index is 12.1. The molecule has 0 atom stereocenters. The first-order valence-electron chi connectivity index (χ1n) is 5.09. The second kappa shape index (κ2) is 4.98. The van der Waals surface area contributed by atoms with Crippen molar-refractivity contribution in [2.75, 3.05) is 0 Å². The molecule has 0 unspecified atom stereocenters. The molecule has 5 heteroatoms. The predicted molar refractivity (Wildman–Crippen MR) is 66.1 cm³/mol. The van der Waals surface area contributed by atoms with Crippen LogP contribution in [-0.2, 0) is 0 Å². The Bertz CT molecular complexity index is 611. The summed E-state index contributed by atoms with van der Waals surface area (Å²) in [6, 6.07) is 11.2. The monoisotopic (exact) mass is 261 g/mol. The van der Waals surface area contributed by atoms with Gasteiger partial charge in [0.05, 0.1) is 5.56 Å².